The third kappa shape index (κ3) is 4.06. The van der Waals surface area contributed by atoms with E-state index in [-0.39, 0.29) is 0 Å². The highest BCUT2D eigenvalue weighted by Gasteiger charge is 2.21. The summed E-state index contributed by atoms with van der Waals surface area (Å²) in [5, 5.41) is 10.7. The highest BCUT2D eigenvalue weighted by atomic mass is 14.2. The van der Waals surface area contributed by atoms with Crippen LogP contribution in [-0.2, 0) is 6.42 Å². The Morgan fingerprint density at radius 3 is 1.58 bits per heavy atom. The van der Waals surface area contributed by atoms with E-state index in [0.29, 0.717) is 0 Å². The van der Waals surface area contributed by atoms with Crippen LogP contribution in [0.1, 0.15) is 23.1 Å². The maximum Gasteiger partial charge on any atom is -0.00206 e. The van der Waals surface area contributed by atoms with Gasteiger partial charge in [-0.2, -0.15) is 0 Å². The molecule has 0 saturated carbocycles. The van der Waals surface area contributed by atoms with Crippen molar-refractivity contribution in [2.45, 2.75) is 12.8 Å². The monoisotopic (exact) mass is 632 g/mol. The first-order valence-corrected chi connectivity index (χ1v) is 17.7. The smallest absolute Gasteiger partial charge is 0.00206 e. The summed E-state index contributed by atoms with van der Waals surface area (Å²) in [5.41, 5.74) is 15.8. The number of hydrogen-bond donors (Lipinski definition) is 0. The lowest BCUT2D eigenvalue weighted by Crippen LogP contribution is -2.03. The van der Waals surface area contributed by atoms with Gasteiger partial charge < -0.3 is 0 Å². The molecule has 2 aliphatic rings. The van der Waals surface area contributed by atoms with E-state index < -0.39 is 0 Å². The van der Waals surface area contributed by atoms with Crippen LogP contribution in [0.2, 0.25) is 0 Å². The minimum absolute atomic E-state index is 1.02. The van der Waals surface area contributed by atoms with E-state index in [1.54, 1.807) is 0 Å². The van der Waals surface area contributed by atoms with E-state index in [9.17, 15) is 0 Å². The second-order valence-corrected chi connectivity index (χ2v) is 13.9. The predicted molar refractivity (Wildman–Crippen MR) is 215 cm³/mol. The van der Waals surface area contributed by atoms with Crippen molar-refractivity contribution in [3.8, 4) is 44.5 Å². The van der Waals surface area contributed by atoms with Gasteiger partial charge in [-0.1, -0.05) is 170 Å². The van der Waals surface area contributed by atoms with Crippen molar-refractivity contribution < 1.29 is 0 Å². The van der Waals surface area contributed by atoms with Gasteiger partial charge in [0.15, 0.2) is 0 Å². The average molecular weight is 633 g/mol. The number of allylic oxidation sites excluding steroid dienone is 3. The molecule has 0 nitrogen and oxygen atoms in total. The molecule has 11 rings (SSSR count). The van der Waals surface area contributed by atoms with Gasteiger partial charge in [-0.05, 0) is 123 Å². The standard InChI is InChI=1S/C50H32/c1-2-10-42(32-13-17-34(18-14-32)44-28-24-40-22-20-36-6-4-8-38-26-30-46(44)50(40)48(36)38)41(9-1)31-11-15-33(16-12-31)43-27-23-39-21-19-35-5-3-7-37-25-29-45(43)49(39)47(35)37/h1-5,7-21,23-30H,6,22H2. The summed E-state index contributed by atoms with van der Waals surface area (Å²) in [4.78, 5) is 0. The van der Waals surface area contributed by atoms with Crippen LogP contribution < -0.4 is 0 Å². The van der Waals surface area contributed by atoms with Gasteiger partial charge in [-0.3, -0.25) is 0 Å². The zero-order valence-electron chi connectivity index (χ0n) is 27.6. The fraction of sp³-hybridized carbons (Fsp3) is 0.0400. The minimum Gasteiger partial charge on any atom is -0.0795 e. The largest absolute Gasteiger partial charge is 0.0795 e. The van der Waals surface area contributed by atoms with Crippen LogP contribution in [0.4, 0.5) is 0 Å². The van der Waals surface area contributed by atoms with Crippen LogP contribution >= 0.6 is 0 Å². The molecule has 0 atom stereocenters. The molecule has 0 amide bonds. The van der Waals surface area contributed by atoms with Gasteiger partial charge >= 0.3 is 0 Å². The van der Waals surface area contributed by atoms with Crippen molar-refractivity contribution in [2.24, 2.45) is 0 Å². The molecule has 0 spiro atoms. The normalized spacial score (nSPS) is 13.5. The fourth-order valence-corrected chi connectivity index (χ4v) is 8.91. The molecule has 0 bridgehead atoms. The molecule has 0 saturated heterocycles. The Kier molecular flexibility index (Phi) is 5.89. The van der Waals surface area contributed by atoms with Crippen molar-refractivity contribution in [2.75, 3.05) is 0 Å². The maximum absolute atomic E-state index is 2.43. The second-order valence-electron chi connectivity index (χ2n) is 13.9. The summed E-state index contributed by atoms with van der Waals surface area (Å²) in [6, 6.07) is 56.7. The molecule has 0 fully saturated rings. The fourth-order valence-electron chi connectivity index (χ4n) is 8.91. The van der Waals surface area contributed by atoms with Gasteiger partial charge in [0.25, 0.3) is 0 Å². The molecule has 9 aromatic rings. The highest BCUT2D eigenvalue weighted by molar-refractivity contribution is 6.25. The van der Waals surface area contributed by atoms with E-state index in [4.69, 9.17) is 0 Å². The van der Waals surface area contributed by atoms with Crippen LogP contribution in [0.3, 0.4) is 0 Å². The van der Waals surface area contributed by atoms with Gasteiger partial charge in [0.2, 0.25) is 0 Å². The van der Waals surface area contributed by atoms with Crippen LogP contribution in [0.15, 0.2) is 164 Å². The first-order chi connectivity index (χ1) is 24.8. The predicted octanol–water partition coefficient (Wildman–Crippen LogP) is 13.8. The molecule has 0 N–H and O–H groups in total. The molecule has 0 heterocycles. The zero-order chi connectivity index (χ0) is 32.8. The van der Waals surface area contributed by atoms with E-state index in [1.165, 1.54) is 110 Å². The quantitative estimate of drug-likeness (QED) is 0.169. The topological polar surface area (TPSA) is 0 Å². The Balaban J connectivity index is 0.957. The van der Waals surface area contributed by atoms with Gasteiger partial charge in [-0.15, -0.1) is 0 Å². The van der Waals surface area contributed by atoms with Crippen molar-refractivity contribution >= 4 is 54.7 Å². The number of benzene rings is 9. The SMILES string of the molecule is C1=Cc2ccc3c(-c4ccc(-c5ccccc5-c5ccc(-c6ccc7ccc8cccc9ccc6c7c89)cc5)cc4)ccc4c3c2C(=CC4)C1. The number of hydrogen-bond acceptors (Lipinski definition) is 0. The molecule has 0 aromatic heterocycles. The van der Waals surface area contributed by atoms with E-state index in [2.05, 4.69) is 170 Å². The van der Waals surface area contributed by atoms with E-state index in [1.807, 2.05) is 0 Å². The van der Waals surface area contributed by atoms with Gasteiger partial charge in [0, 0.05) is 0 Å². The molecule has 232 valence electrons. The Hall–Kier alpha value is -6.24. The van der Waals surface area contributed by atoms with Crippen LogP contribution in [0.5, 0.6) is 0 Å². The Morgan fingerprint density at radius 1 is 0.360 bits per heavy atom. The highest BCUT2D eigenvalue weighted by Crippen LogP contribution is 2.44. The van der Waals surface area contributed by atoms with Crippen LogP contribution in [0.25, 0.3) is 99.2 Å². The summed E-state index contributed by atoms with van der Waals surface area (Å²) < 4.78 is 0. The van der Waals surface area contributed by atoms with Crippen molar-refractivity contribution in [1.29, 1.82) is 0 Å². The summed E-state index contributed by atoms with van der Waals surface area (Å²) in [6.45, 7) is 0. The molecule has 0 aliphatic heterocycles. The molecular weight excluding hydrogens is 601 g/mol. The lowest BCUT2D eigenvalue weighted by molar-refractivity contribution is 1.23. The molecule has 50 heavy (non-hydrogen) atoms. The summed E-state index contributed by atoms with van der Waals surface area (Å²) in [6.07, 6.45) is 9.07. The van der Waals surface area contributed by atoms with E-state index in [0.717, 1.165) is 12.8 Å². The lowest BCUT2D eigenvalue weighted by atomic mass is 9.80. The van der Waals surface area contributed by atoms with Crippen LogP contribution in [0, 0.1) is 0 Å². The summed E-state index contributed by atoms with van der Waals surface area (Å²) in [7, 11) is 0. The Morgan fingerprint density at radius 2 is 0.900 bits per heavy atom. The maximum atomic E-state index is 2.43. The molecule has 2 aliphatic carbocycles. The van der Waals surface area contributed by atoms with E-state index >= 15 is 0 Å². The zero-order valence-corrected chi connectivity index (χ0v) is 27.6. The molecule has 9 aromatic carbocycles. The average Bonchev–Trinajstić information content (AvgIpc) is 3.19. The molecule has 0 unspecified atom stereocenters. The van der Waals surface area contributed by atoms with Gasteiger partial charge in [0.1, 0.15) is 0 Å². The van der Waals surface area contributed by atoms with Crippen molar-refractivity contribution in [3.05, 3.63) is 181 Å². The summed E-state index contributed by atoms with van der Waals surface area (Å²) >= 11 is 0. The summed E-state index contributed by atoms with van der Waals surface area (Å²) in [5.74, 6) is 0. The second kappa shape index (κ2) is 10.6. The lowest BCUT2D eigenvalue weighted by Gasteiger charge is -2.24. The van der Waals surface area contributed by atoms with Gasteiger partial charge in [-0.25, -0.2) is 0 Å². The van der Waals surface area contributed by atoms with Crippen LogP contribution in [-0.4, -0.2) is 0 Å². The first kappa shape index (κ1) is 27.7. The van der Waals surface area contributed by atoms with Crippen molar-refractivity contribution in [1.82, 2.24) is 0 Å². The minimum atomic E-state index is 1.02. The first-order valence-electron chi connectivity index (χ1n) is 17.7. The Bertz CT molecular complexity index is 2860. The Labute approximate surface area is 291 Å². The third-order valence-electron chi connectivity index (χ3n) is 11.3. The van der Waals surface area contributed by atoms with Gasteiger partial charge in [0.05, 0.1) is 0 Å². The number of rotatable bonds is 4. The third-order valence-corrected chi connectivity index (χ3v) is 11.3. The van der Waals surface area contributed by atoms with Crippen molar-refractivity contribution in [3.63, 3.8) is 0 Å². The molecule has 0 heteroatoms. The molecular formula is C50H32. The molecule has 0 radical (unpaired) electrons.